The van der Waals surface area contributed by atoms with E-state index in [0.717, 1.165) is 39.4 Å². The topological polar surface area (TPSA) is 94.5 Å². The summed E-state index contributed by atoms with van der Waals surface area (Å²) in [5.41, 5.74) is 5.74. The molecule has 1 aliphatic heterocycles. The number of rotatable bonds is 8. The van der Waals surface area contributed by atoms with Crippen LogP contribution in [0.25, 0.3) is 23.0 Å². The normalized spacial score (nSPS) is 11.6. The molecule has 3 aromatic rings. The Morgan fingerprint density at radius 2 is 2.03 bits per heavy atom. The van der Waals surface area contributed by atoms with Gasteiger partial charge < -0.3 is 20.1 Å². The molecule has 34 heavy (non-hydrogen) atoms. The van der Waals surface area contributed by atoms with Gasteiger partial charge in [-0.3, -0.25) is 9.59 Å². The van der Waals surface area contributed by atoms with Crippen molar-refractivity contribution >= 4 is 29.2 Å². The number of aromatic nitrogens is 2. The number of methoxy groups -OCH3 is 1. The number of carbonyl (C=O) groups excluding carboxylic acids is 2. The summed E-state index contributed by atoms with van der Waals surface area (Å²) in [5, 5.41) is 14.3. The number of nitrogens with zero attached hydrogens (tertiary/aromatic N) is 2. The summed E-state index contributed by atoms with van der Waals surface area (Å²) < 4.78 is 13.5. The molecule has 2 N–H and O–H groups in total. The van der Waals surface area contributed by atoms with Crippen molar-refractivity contribution in [3.63, 3.8) is 0 Å². The van der Waals surface area contributed by atoms with Gasteiger partial charge >= 0.3 is 0 Å². The number of benzene rings is 1. The van der Waals surface area contributed by atoms with Gasteiger partial charge in [0.05, 0.1) is 18.5 Å². The van der Waals surface area contributed by atoms with E-state index >= 15 is 0 Å². The minimum atomic E-state index is -0.266. The summed E-state index contributed by atoms with van der Waals surface area (Å²) in [4.78, 5) is 24.1. The molecule has 0 atom stereocenters. The smallest absolute Gasteiger partial charge is 0.272 e. The zero-order valence-corrected chi connectivity index (χ0v) is 20.5. The van der Waals surface area contributed by atoms with Crippen LogP contribution >= 0.6 is 11.3 Å². The Balaban J connectivity index is 1.74. The SMILES string of the molecule is COc1cc2c(cc1C=C(C)C)-c1c(c(C(=O)NCCCNC(C)=O)nn1-c1ccsc1)CO2. The van der Waals surface area contributed by atoms with E-state index in [1.54, 1.807) is 18.4 Å². The first-order valence-corrected chi connectivity index (χ1v) is 12.0. The number of amides is 2. The van der Waals surface area contributed by atoms with E-state index in [-0.39, 0.29) is 18.4 Å². The lowest BCUT2D eigenvalue weighted by Gasteiger charge is -2.21. The maximum Gasteiger partial charge on any atom is 0.272 e. The van der Waals surface area contributed by atoms with Crippen molar-refractivity contribution in [3.8, 4) is 28.4 Å². The second kappa shape index (κ2) is 10.1. The highest BCUT2D eigenvalue weighted by atomic mass is 32.1. The van der Waals surface area contributed by atoms with Gasteiger partial charge in [0.2, 0.25) is 5.91 Å². The molecule has 0 aliphatic carbocycles. The molecule has 8 nitrogen and oxygen atoms in total. The molecule has 9 heteroatoms. The summed E-state index contributed by atoms with van der Waals surface area (Å²) in [6.07, 6.45) is 2.69. The molecule has 1 aromatic carbocycles. The van der Waals surface area contributed by atoms with Crippen molar-refractivity contribution in [1.29, 1.82) is 0 Å². The Hall–Kier alpha value is -3.59. The zero-order valence-electron chi connectivity index (χ0n) is 19.7. The van der Waals surface area contributed by atoms with Gasteiger partial charge in [-0.05, 0) is 37.8 Å². The maximum atomic E-state index is 13.1. The van der Waals surface area contributed by atoms with E-state index in [9.17, 15) is 9.59 Å². The van der Waals surface area contributed by atoms with Crippen molar-refractivity contribution in [2.24, 2.45) is 0 Å². The molecule has 2 aromatic heterocycles. The predicted octanol–water partition coefficient (Wildman–Crippen LogP) is 4.18. The summed E-state index contributed by atoms with van der Waals surface area (Å²) in [7, 11) is 1.64. The van der Waals surface area contributed by atoms with Gasteiger partial charge in [0.15, 0.2) is 5.69 Å². The Labute approximate surface area is 202 Å². The molecule has 1 aliphatic rings. The second-order valence-corrected chi connectivity index (χ2v) is 9.04. The Morgan fingerprint density at radius 3 is 2.71 bits per heavy atom. The van der Waals surface area contributed by atoms with Crippen LogP contribution < -0.4 is 20.1 Å². The number of nitrogens with one attached hydrogen (secondary N) is 2. The highest BCUT2D eigenvalue weighted by Crippen LogP contribution is 2.44. The fourth-order valence-corrected chi connectivity index (χ4v) is 4.50. The lowest BCUT2D eigenvalue weighted by Crippen LogP contribution is -2.29. The van der Waals surface area contributed by atoms with Crippen LogP contribution in [0.4, 0.5) is 0 Å². The van der Waals surface area contributed by atoms with Crippen molar-refractivity contribution in [2.75, 3.05) is 20.2 Å². The molecule has 2 amide bonds. The van der Waals surface area contributed by atoms with Crippen LogP contribution in [0.15, 0.2) is 34.5 Å². The van der Waals surface area contributed by atoms with Crippen LogP contribution in [0.2, 0.25) is 0 Å². The molecule has 3 heterocycles. The molecule has 0 saturated heterocycles. The van der Waals surface area contributed by atoms with E-state index in [4.69, 9.17) is 14.6 Å². The number of hydrogen-bond donors (Lipinski definition) is 2. The fraction of sp³-hybridized carbons (Fsp3) is 0.320. The Morgan fingerprint density at radius 1 is 1.24 bits per heavy atom. The van der Waals surface area contributed by atoms with Crippen LogP contribution in [0.5, 0.6) is 11.5 Å². The number of fused-ring (bicyclic) bond motifs is 3. The van der Waals surface area contributed by atoms with Crippen LogP contribution in [0.1, 0.15) is 48.8 Å². The van der Waals surface area contributed by atoms with Gasteiger partial charge in [0, 0.05) is 48.2 Å². The van der Waals surface area contributed by atoms with Crippen LogP contribution in [0, 0.1) is 0 Å². The molecular weight excluding hydrogens is 452 g/mol. The van der Waals surface area contributed by atoms with Crippen LogP contribution in [-0.4, -0.2) is 41.8 Å². The average Bonchev–Trinajstić information content (AvgIpc) is 3.45. The van der Waals surface area contributed by atoms with E-state index < -0.39 is 0 Å². The zero-order chi connectivity index (χ0) is 24.2. The van der Waals surface area contributed by atoms with Gasteiger partial charge in [-0.25, -0.2) is 4.68 Å². The molecule has 0 bridgehead atoms. The van der Waals surface area contributed by atoms with E-state index in [1.165, 1.54) is 6.92 Å². The van der Waals surface area contributed by atoms with E-state index in [2.05, 4.69) is 16.7 Å². The van der Waals surface area contributed by atoms with E-state index in [0.29, 0.717) is 31.0 Å². The largest absolute Gasteiger partial charge is 0.496 e. The highest BCUT2D eigenvalue weighted by molar-refractivity contribution is 7.08. The maximum absolute atomic E-state index is 13.1. The average molecular weight is 481 g/mol. The third kappa shape index (κ3) is 4.84. The summed E-state index contributed by atoms with van der Waals surface area (Å²) in [5.74, 6) is 1.06. The molecule has 0 fully saturated rings. The molecule has 0 spiro atoms. The first-order valence-electron chi connectivity index (χ1n) is 11.1. The van der Waals surface area contributed by atoms with Crippen molar-refractivity contribution in [2.45, 2.75) is 33.8 Å². The van der Waals surface area contributed by atoms with Crippen LogP contribution in [-0.2, 0) is 11.4 Å². The lowest BCUT2D eigenvalue weighted by atomic mass is 9.98. The van der Waals surface area contributed by atoms with E-state index in [1.807, 2.05) is 47.5 Å². The monoisotopic (exact) mass is 480 g/mol. The summed E-state index contributed by atoms with van der Waals surface area (Å²) >= 11 is 1.57. The number of thiophene rings is 1. The fourth-order valence-electron chi connectivity index (χ4n) is 3.88. The number of hydrogen-bond acceptors (Lipinski definition) is 6. The lowest BCUT2D eigenvalue weighted by molar-refractivity contribution is -0.118. The van der Waals surface area contributed by atoms with Crippen LogP contribution in [0.3, 0.4) is 0 Å². The number of carbonyl (C=O) groups is 2. The minimum absolute atomic E-state index is 0.0881. The van der Waals surface area contributed by atoms with Crippen molar-refractivity contribution < 1.29 is 19.1 Å². The first-order chi connectivity index (χ1) is 16.4. The third-order valence-electron chi connectivity index (χ3n) is 5.37. The van der Waals surface area contributed by atoms with Gasteiger partial charge in [-0.1, -0.05) is 11.6 Å². The molecule has 4 rings (SSSR count). The molecule has 178 valence electrons. The predicted molar refractivity (Wildman–Crippen MR) is 133 cm³/mol. The van der Waals surface area contributed by atoms with Crippen molar-refractivity contribution in [3.05, 3.63) is 51.4 Å². The van der Waals surface area contributed by atoms with Gasteiger partial charge in [0.1, 0.15) is 18.1 Å². The highest BCUT2D eigenvalue weighted by Gasteiger charge is 2.31. The minimum Gasteiger partial charge on any atom is -0.496 e. The molecule has 0 unspecified atom stereocenters. The third-order valence-corrected chi connectivity index (χ3v) is 6.04. The van der Waals surface area contributed by atoms with Gasteiger partial charge in [0.25, 0.3) is 5.91 Å². The quantitative estimate of drug-likeness (QED) is 0.472. The molecule has 0 radical (unpaired) electrons. The Kier molecular flexibility index (Phi) is 7.02. The van der Waals surface area contributed by atoms with Gasteiger partial charge in [-0.15, -0.1) is 0 Å². The number of ether oxygens (including phenoxy) is 2. The molecular formula is C25H28N4O4S. The summed E-state index contributed by atoms with van der Waals surface area (Å²) in [6, 6.07) is 5.89. The molecule has 0 saturated carbocycles. The van der Waals surface area contributed by atoms with Gasteiger partial charge in [-0.2, -0.15) is 16.4 Å². The standard InChI is InChI=1S/C25H28N4O4S/c1-15(2)10-17-11-19-22(12-21(17)32-4)33-13-20-23(25(31)27-8-5-7-26-16(3)30)28-29(24(19)20)18-6-9-34-14-18/h6,9-12,14H,5,7-8,13H2,1-4H3,(H,26,30)(H,27,31). The Bertz CT molecular complexity index is 1240. The second-order valence-electron chi connectivity index (χ2n) is 8.26. The first kappa shape index (κ1) is 23.6. The van der Waals surface area contributed by atoms with Crippen molar-refractivity contribution in [1.82, 2.24) is 20.4 Å². The number of allylic oxidation sites excluding steroid dienone is 1. The summed E-state index contributed by atoms with van der Waals surface area (Å²) in [6.45, 7) is 6.70.